The van der Waals surface area contributed by atoms with Crippen LogP contribution in [-0.2, 0) is 13.5 Å². The maximum absolute atomic E-state index is 11.9. The third-order valence-corrected chi connectivity index (χ3v) is 4.42. The first-order chi connectivity index (χ1) is 11.7. The average molecular weight is 321 g/mol. The standard InChI is InChI=1S/C18H19N5O/c1-23-16-5-2-12(10-14(16)22-17(23)13-3-4-13)6-7-21-18(24)15-11-19-8-9-20-15/h2,5,8-11,13H,3-4,6-7H2,1H3,(H,21,24). The van der Waals surface area contributed by atoms with E-state index in [-0.39, 0.29) is 5.91 Å². The van der Waals surface area contributed by atoms with Gasteiger partial charge in [0.05, 0.1) is 17.2 Å². The number of nitrogens with zero attached hydrogens (tertiary/aromatic N) is 4. The molecule has 2 heterocycles. The summed E-state index contributed by atoms with van der Waals surface area (Å²) in [7, 11) is 2.09. The molecule has 0 aliphatic heterocycles. The van der Waals surface area contributed by atoms with Crippen molar-refractivity contribution >= 4 is 16.9 Å². The Hall–Kier alpha value is -2.76. The number of imidazole rings is 1. The van der Waals surface area contributed by atoms with E-state index in [0.29, 0.717) is 18.2 Å². The summed E-state index contributed by atoms with van der Waals surface area (Å²) in [6.45, 7) is 0.559. The minimum Gasteiger partial charge on any atom is -0.350 e. The van der Waals surface area contributed by atoms with Crippen LogP contribution in [-0.4, -0.2) is 32.0 Å². The molecule has 1 aliphatic rings. The van der Waals surface area contributed by atoms with E-state index in [4.69, 9.17) is 4.98 Å². The lowest BCUT2D eigenvalue weighted by molar-refractivity contribution is 0.0948. The Morgan fingerprint density at radius 1 is 1.33 bits per heavy atom. The molecule has 122 valence electrons. The highest BCUT2D eigenvalue weighted by Gasteiger charge is 2.28. The number of amides is 1. The Morgan fingerprint density at radius 3 is 2.96 bits per heavy atom. The van der Waals surface area contributed by atoms with E-state index < -0.39 is 0 Å². The molecular weight excluding hydrogens is 302 g/mol. The van der Waals surface area contributed by atoms with Gasteiger partial charge in [-0.25, -0.2) is 9.97 Å². The van der Waals surface area contributed by atoms with Crippen molar-refractivity contribution in [3.8, 4) is 0 Å². The summed E-state index contributed by atoms with van der Waals surface area (Å²) in [5.74, 6) is 1.63. The summed E-state index contributed by atoms with van der Waals surface area (Å²) >= 11 is 0. The number of rotatable bonds is 5. The molecule has 4 rings (SSSR count). The Kier molecular flexibility index (Phi) is 3.72. The van der Waals surface area contributed by atoms with E-state index in [1.165, 1.54) is 42.1 Å². The van der Waals surface area contributed by atoms with Crippen LogP contribution in [0.2, 0.25) is 0 Å². The first kappa shape index (κ1) is 14.8. The monoisotopic (exact) mass is 321 g/mol. The van der Waals surface area contributed by atoms with Crippen molar-refractivity contribution in [1.82, 2.24) is 24.8 Å². The second-order valence-corrected chi connectivity index (χ2v) is 6.22. The average Bonchev–Trinajstić information content (AvgIpc) is 3.40. The van der Waals surface area contributed by atoms with E-state index in [9.17, 15) is 4.79 Å². The number of aromatic nitrogens is 4. The highest BCUT2D eigenvalue weighted by atomic mass is 16.1. The van der Waals surface area contributed by atoms with E-state index in [1.807, 2.05) is 0 Å². The van der Waals surface area contributed by atoms with Gasteiger partial charge in [-0.05, 0) is 37.0 Å². The molecule has 0 radical (unpaired) electrons. The second-order valence-electron chi connectivity index (χ2n) is 6.22. The van der Waals surface area contributed by atoms with Gasteiger partial charge in [-0.15, -0.1) is 0 Å². The Bertz CT molecular complexity index is 883. The number of hydrogen-bond donors (Lipinski definition) is 1. The number of carbonyl (C=O) groups is 1. The molecule has 1 aliphatic carbocycles. The molecule has 3 aromatic rings. The summed E-state index contributed by atoms with van der Waals surface area (Å²) in [5.41, 5.74) is 3.72. The fourth-order valence-corrected chi connectivity index (χ4v) is 2.95. The lowest BCUT2D eigenvalue weighted by Gasteiger charge is -2.05. The Balaban J connectivity index is 1.42. The molecule has 0 bridgehead atoms. The molecule has 0 spiro atoms. The van der Waals surface area contributed by atoms with Gasteiger partial charge in [0.15, 0.2) is 0 Å². The molecular formula is C18H19N5O. The summed E-state index contributed by atoms with van der Waals surface area (Å²) in [5, 5.41) is 2.87. The number of fused-ring (bicyclic) bond motifs is 1. The van der Waals surface area contributed by atoms with Crippen molar-refractivity contribution in [2.45, 2.75) is 25.2 Å². The maximum Gasteiger partial charge on any atom is 0.271 e. The molecule has 1 N–H and O–H groups in total. The summed E-state index contributed by atoms with van der Waals surface area (Å²) in [6.07, 6.45) is 7.79. The van der Waals surface area contributed by atoms with Crippen LogP contribution in [0.15, 0.2) is 36.8 Å². The van der Waals surface area contributed by atoms with Gasteiger partial charge >= 0.3 is 0 Å². The van der Waals surface area contributed by atoms with Crippen LogP contribution in [0.4, 0.5) is 0 Å². The SMILES string of the molecule is Cn1c(C2CC2)nc2cc(CCNC(=O)c3cnccn3)ccc21. The van der Waals surface area contributed by atoms with Crippen molar-refractivity contribution in [1.29, 1.82) is 0 Å². The van der Waals surface area contributed by atoms with Gasteiger partial charge in [0, 0.05) is 31.9 Å². The lowest BCUT2D eigenvalue weighted by Crippen LogP contribution is -2.26. The van der Waals surface area contributed by atoms with Crippen LogP contribution in [0.5, 0.6) is 0 Å². The highest BCUT2D eigenvalue weighted by molar-refractivity contribution is 5.91. The van der Waals surface area contributed by atoms with Gasteiger partial charge < -0.3 is 9.88 Å². The molecule has 24 heavy (non-hydrogen) atoms. The smallest absolute Gasteiger partial charge is 0.271 e. The zero-order chi connectivity index (χ0) is 16.5. The molecule has 1 saturated carbocycles. The van der Waals surface area contributed by atoms with Gasteiger partial charge in [-0.2, -0.15) is 0 Å². The number of carbonyl (C=O) groups excluding carboxylic acids is 1. The molecule has 6 nitrogen and oxygen atoms in total. The van der Waals surface area contributed by atoms with Crippen molar-refractivity contribution in [2.75, 3.05) is 6.54 Å². The number of benzene rings is 1. The van der Waals surface area contributed by atoms with E-state index in [1.54, 1.807) is 6.20 Å². The van der Waals surface area contributed by atoms with Crippen molar-refractivity contribution in [3.05, 3.63) is 53.9 Å². The largest absolute Gasteiger partial charge is 0.350 e. The fraction of sp³-hybridized carbons (Fsp3) is 0.333. The number of nitrogens with one attached hydrogen (secondary N) is 1. The molecule has 0 unspecified atom stereocenters. The van der Waals surface area contributed by atoms with Crippen molar-refractivity contribution < 1.29 is 4.79 Å². The van der Waals surface area contributed by atoms with Crippen LogP contribution in [0.25, 0.3) is 11.0 Å². The maximum atomic E-state index is 11.9. The first-order valence-electron chi connectivity index (χ1n) is 8.22. The van der Waals surface area contributed by atoms with E-state index >= 15 is 0 Å². The first-order valence-corrected chi connectivity index (χ1v) is 8.22. The highest BCUT2D eigenvalue weighted by Crippen LogP contribution is 2.40. The zero-order valence-electron chi connectivity index (χ0n) is 13.6. The minimum atomic E-state index is -0.196. The Morgan fingerprint density at radius 2 is 2.21 bits per heavy atom. The van der Waals surface area contributed by atoms with Crippen LogP contribution < -0.4 is 5.32 Å². The quantitative estimate of drug-likeness (QED) is 0.782. The van der Waals surface area contributed by atoms with Crippen molar-refractivity contribution in [2.24, 2.45) is 7.05 Å². The predicted molar refractivity (Wildman–Crippen MR) is 90.8 cm³/mol. The molecule has 1 aromatic carbocycles. The number of hydrogen-bond acceptors (Lipinski definition) is 4. The third kappa shape index (κ3) is 2.87. The summed E-state index contributed by atoms with van der Waals surface area (Å²) < 4.78 is 2.20. The van der Waals surface area contributed by atoms with Gasteiger partial charge in [-0.3, -0.25) is 9.78 Å². The van der Waals surface area contributed by atoms with Crippen LogP contribution >= 0.6 is 0 Å². The minimum absolute atomic E-state index is 0.196. The van der Waals surface area contributed by atoms with Crippen molar-refractivity contribution in [3.63, 3.8) is 0 Å². The third-order valence-electron chi connectivity index (χ3n) is 4.42. The summed E-state index contributed by atoms with van der Waals surface area (Å²) in [6, 6.07) is 6.35. The molecule has 0 saturated heterocycles. The molecule has 2 aromatic heterocycles. The van der Waals surface area contributed by atoms with Crippen LogP contribution in [0.3, 0.4) is 0 Å². The normalized spacial score (nSPS) is 14.0. The molecule has 1 fully saturated rings. The van der Waals surface area contributed by atoms with Gasteiger partial charge in [0.25, 0.3) is 5.91 Å². The fourth-order valence-electron chi connectivity index (χ4n) is 2.95. The molecule has 1 amide bonds. The second kappa shape index (κ2) is 6.03. The van der Waals surface area contributed by atoms with Gasteiger partial charge in [0.1, 0.15) is 11.5 Å². The zero-order valence-corrected chi connectivity index (χ0v) is 13.6. The number of aryl methyl sites for hydroxylation is 1. The molecule has 0 atom stereocenters. The van der Waals surface area contributed by atoms with E-state index in [2.05, 4.69) is 45.1 Å². The topological polar surface area (TPSA) is 72.7 Å². The van der Waals surface area contributed by atoms with E-state index in [0.717, 1.165) is 11.9 Å². The molecule has 6 heteroatoms. The van der Waals surface area contributed by atoms with Gasteiger partial charge in [-0.1, -0.05) is 6.07 Å². The van der Waals surface area contributed by atoms with Gasteiger partial charge in [0.2, 0.25) is 0 Å². The lowest BCUT2D eigenvalue weighted by atomic mass is 10.1. The Labute approximate surface area is 140 Å². The van der Waals surface area contributed by atoms with Crippen LogP contribution in [0, 0.1) is 0 Å². The predicted octanol–water partition coefficient (Wildman–Crippen LogP) is 2.21. The summed E-state index contributed by atoms with van der Waals surface area (Å²) in [4.78, 5) is 24.6. The van der Waals surface area contributed by atoms with Crippen LogP contribution in [0.1, 0.15) is 40.6 Å².